The van der Waals surface area contributed by atoms with E-state index >= 15 is 0 Å². The molecule has 5 aliphatic rings. The second-order valence-electron chi connectivity index (χ2n) is 11.9. The van der Waals surface area contributed by atoms with Crippen LogP contribution in [0, 0.1) is 17.3 Å². The van der Waals surface area contributed by atoms with Crippen LogP contribution in [0.2, 0.25) is 0 Å². The van der Waals surface area contributed by atoms with Crippen molar-refractivity contribution in [2.45, 2.75) is 74.1 Å². The highest BCUT2D eigenvalue weighted by Crippen LogP contribution is 2.62. The van der Waals surface area contributed by atoms with E-state index in [1.54, 1.807) is 24.3 Å². The molecule has 2 aromatic carbocycles. The normalized spacial score (nSPS) is 29.3. The summed E-state index contributed by atoms with van der Waals surface area (Å²) < 4.78 is 30.2. The van der Waals surface area contributed by atoms with Crippen molar-refractivity contribution >= 4 is 37.5 Å². The fourth-order valence-corrected chi connectivity index (χ4v) is 8.90. The van der Waals surface area contributed by atoms with Crippen molar-refractivity contribution in [3.8, 4) is 0 Å². The van der Waals surface area contributed by atoms with Crippen LogP contribution >= 0.6 is 15.9 Å². The van der Waals surface area contributed by atoms with Crippen LogP contribution in [0.1, 0.15) is 73.7 Å². The lowest BCUT2D eigenvalue weighted by atomic mass is 9.66. The number of fused-ring (bicyclic) bond motifs is 3. The molecule has 1 amide bonds. The Bertz CT molecular complexity index is 1320. The Labute approximate surface area is 215 Å². The summed E-state index contributed by atoms with van der Waals surface area (Å²) in [6, 6.07) is 12.9. The molecule has 0 radical (unpaired) electrons. The number of anilines is 1. The molecule has 35 heavy (non-hydrogen) atoms. The van der Waals surface area contributed by atoms with E-state index in [1.165, 1.54) is 37.7 Å². The molecule has 4 fully saturated rings. The van der Waals surface area contributed by atoms with E-state index in [0.29, 0.717) is 29.4 Å². The number of carbonyl (C=O) groups excluding carboxylic acids is 1. The molecule has 1 heterocycles. The van der Waals surface area contributed by atoms with Crippen molar-refractivity contribution in [2.75, 3.05) is 11.4 Å². The van der Waals surface area contributed by atoms with Gasteiger partial charge in [0.2, 0.25) is 10.0 Å². The zero-order chi connectivity index (χ0) is 24.0. The summed E-state index contributed by atoms with van der Waals surface area (Å²) >= 11 is 3.65. The highest BCUT2D eigenvalue weighted by molar-refractivity contribution is 9.10. The molecular formula is C28H31BrN2O3S. The van der Waals surface area contributed by atoms with E-state index in [-0.39, 0.29) is 22.3 Å². The average Bonchev–Trinajstić information content (AvgIpc) is 3.72. The van der Waals surface area contributed by atoms with Crippen LogP contribution < -0.4 is 9.62 Å². The summed E-state index contributed by atoms with van der Waals surface area (Å²) in [4.78, 5) is 15.9. The van der Waals surface area contributed by atoms with E-state index in [9.17, 15) is 13.2 Å². The van der Waals surface area contributed by atoms with E-state index < -0.39 is 10.0 Å². The number of carbonyl (C=O) groups is 1. The summed E-state index contributed by atoms with van der Waals surface area (Å²) in [6.07, 6.45) is 10.5. The molecule has 2 atom stereocenters. The minimum Gasteiger partial charge on any atom is -0.307 e. The summed E-state index contributed by atoms with van der Waals surface area (Å²) in [6.45, 7) is 0.674. The summed E-state index contributed by atoms with van der Waals surface area (Å²) in [5.74, 6) is 1.29. The van der Waals surface area contributed by atoms with E-state index in [1.807, 2.05) is 17.0 Å². The monoisotopic (exact) mass is 554 g/mol. The van der Waals surface area contributed by atoms with Gasteiger partial charge in [-0.3, -0.25) is 4.79 Å². The lowest BCUT2D eigenvalue weighted by Gasteiger charge is -2.38. The molecule has 2 aromatic rings. The first-order valence-electron chi connectivity index (χ1n) is 13.0. The first-order valence-corrected chi connectivity index (χ1v) is 15.3. The molecular weight excluding hydrogens is 524 g/mol. The Morgan fingerprint density at radius 2 is 1.66 bits per heavy atom. The van der Waals surface area contributed by atoms with Gasteiger partial charge in [-0.2, -0.15) is 0 Å². The summed E-state index contributed by atoms with van der Waals surface area (Å²) in [7, 11) is -3.65. The molecule has 0 bridgehead atoms. The van der Waals surface area contributed by atoms with Crippen LogP contribution in [0.25, 0.3) is 0 Å². The Morgan fingerprint density at radius 1 is 0.943 bits per heavy atom. The fourth-order valence-electron chi connectivity index (χ4n) is 7.24. The minimum absolute atomic E-state index is 0.00281. The third-order valence-corrected chi connectivity index (χ3v) is 11.7. The zero-order valence-corrected chi connectivity index (χ0v) is 22.2. The molecule has 4 aliphatic carbocycles. The first kappa shape index (κ1) is 22.5. The number of nitrogens with one attached hydrogen (secondary N) is 1. The Kier molecular flexibility index (Phi) is 4.92. The second-order valence-corrected chi connectivity index (χ2v) is 14.5. The van der Waals surface area contributed by atoms with Gasteiger partial charge in [-0.05, 0) is 117 Å². The van der Waals surface area contributed by atoms with Gasteiger partial charge in [-0.25, -0.2) is 13.1 Å². The van der Waals surface area contributed by atoms with Crippen LogP contribution in [0.15, 0.2) is 51.8 Å². The maximum atomic E-state index is 13.8. The number of rotatable bonds is 4. The fraction of sp³-hybridized carbons (Fsp3) is 0.536. The van der Waals surface area contributed by atoms with Gasteiger partial charge in [0.05, 0.1) is 4.90 Å². The largest absolute Gasteiger partial charge is 0.307 e. The van der Waals surface area contributed by atoms with Gasteiger partial charge in [-0.15, -0.1) is 0 Å². The van der Waals surface area contributed by atoms with E-state index in [2.05, 4.69) is 26.7 Å². The van der Waals surface area contributed by atoms with Crippen molar-refractivity contribution < 1.29 is 13.2 Å². The van der Waals surface area contributed by atoms with Gasteiger partial charge in [0, 0.05) is 33.7 Å². The van der Waals surface area contributed by atoms with Crippen molar-refractivity contribution in [3.05, 3.63) is 58.1 Å². The minimum atomic E-state index is -3.65. The van der Waals surface area contributed by atoms with E-state index in [4.69, 9.17) is 0 Å². The molecule has 2 spiro atoms. The molecule has 7 heteroatoms. The quantitative estimate of drug-likeness (QED) is 0.521. The van der Waals surface area contributed by atoms with Crippen molar-refractivity contribution in [1.29, 1.82) is 0 Å². The van der Waals surface area contributed by atoms with Gasteiger partial charge in [0.1, 0.15) is 0 Å². The molecule has 5 nitrogen and oxygen atoms in total. The molecule has 0 saturated heterocycles. The number of sulfonamides is 1. The second kappa shape index (κ2) is 7.65. The smallest absolute Gasteiger partial charge is 0.258 e. The van der Waals surface area contributed by atoms with Gasteiger partial charge >= 0.3 is 0 Å². The van der Waals surface area contributed by atoms with Crippen LogP contribution in [0.3, 0.4) is 0 Å². The van der Waals surface area contributed by atoms with Gasteiger partial charge in [0.25, 0.3) is 5.91 Å². The zero-order valence-electron chi connectivity index (χ0n) is 19.8. The summed E-state index contributed by atoms with van der Waals surface area (Å²) in [5, 5.41) is 0. The molecule has 184 valence electrons. The predicted octanol–water partition coefficient (Wildman–Crippen LogP) is 5.78. The van der Waals surface area contributed by atoms with Crippen molar-refractivity contribution in [3.63, 3.8) is 0 Å². The van der Waals surface area contributed by atoms with Crippen LogP contribution in [-0.2, 0) is 15.4 Å². The maximum absolute atomic E-state index is 13.8. The molecule has 0 aromatic heterocycles. The number of hydrogen-bond acceptors (Lipinski definition) is 3. The lowest BCUT2D eigenvalue weighted by Crippen LogP contribution is -2.40. The lowest BCUT2D eigenvalue weighted by molar-refractivity contribution is 0.0980. The van der Waals surface area contributed by atoms with E-state index in [0.717, 1.165) is 35.8 Å². The molecule has 2 unspecified atom stereocenters. The van der Waals surface area contributed by atoms with Crippen molar-refractivity contribution in [1.82, 2.24) is 4.72 Å². The average molecular weight is 556 g/mol. The first-order chi connectivity index (χ1) is 16.8. The molecule has 7 rings (SSSR count). The topological polar surface area (TPSA) is 66.5 Å². The third kappa shape index (κ3) is 3.80. The predicted molar refractivity (Wildman–Crippen MR) is 139 cm³/mol. The highest BCUT2D eigenvalue weighted by Gasteiger charge is 2.53. The summed E-state index contributed by atoms with van der Waals surface area (Å²) in [5.41, 5.74) is 3.24. The number of amides is 1. The van der Waals surface area contributed by atoms with Gasteiger partial charge < -0.3 is 4.90 Å². The van der Waals surface area contributed by atoms with Crippen LogP contribution in [-0.4, -0.2) is 26.9 Å². The van der Waals surface area contributed by atoms with Crippen LogP contribution in [0.5, 0.6) is 0 Å². The maximum Gasteiger partial charge on any atom is 0.258 e. The third-order valence-electron chi connectivity index (χ3n) is 9.71. The Hall–Kier alpha value is -1.70. The Balaban J connectivity index is 1.17. The van der Waals surface area contributed by atoms with Crippen LogP contribution in [0.4, 0.5) is 5.69 Å². The van der Waals surface area contributed by atoms with Gasteiger partial charge in [0.15, 0.2) is 0 Å². The number of halogens is 1. The molecule has 1 N–H and O–H groups in total. The number of hydrogen-bond donors (Lipinski definition) is 1. The van der Waals surface area contributed by atoms with Crippen molar-refractivity contribution in [2.24, 2.45) is 17.3 Å². The standard InChI is InChI=1S/C28H31BrN2O3S/c29-21-4-5-25-24(16-21)28(10-8-27(6-7-27)9-11-28)17-31(25)26(32)18-2-1-3-23(15-18)35(33,34)30-22-13-19-12-20(19)14-22/h1-5,15-16,19-20,22,30H,6-14,17H2. The molecule has 4 saturated carbocycles. The highest BCUT2D eigenvalue weighted by atomic mass is 79.9. The SMILES string of the molecule is O=C(c1cccc(S(=O)(=O)NC2CC3CC3C2)c1)N1CC2(CCC3(CC3)CC2)c2cc(Br)ccc21. The number of nitrogens with zero attached hydrogens (tertiary/aromatic N) is 1. The molecule has 1 aliphatic heterocycles. The Morgan fingerprint density at radius 3 is 2.37 bits per heavy atom. The van der Waals surface area contributed by atoms with Gasteiger partial charge in [-0.1, -0.05) is 22.0 Å². The number of benzene rings is 2.